The van der Waals surface area contributed by atoms with E-state index < -0.39 is 0 Å². The summed E-state index contributed by atoms with van der Waals surface area (Å²) >= 11 is 1.87. The molecule has 1 fully saturated rings. The zero-order chi connectivity index (χ0) is 8.84. The Balaban J connectivity index is 2.11. The van der Waals surface area contributed by atoms with Crippen molar-refractivity contribution in [3.05, 3.63) is 23.2 Å². The van der Waals surface area contributed by atoms with Gasteiger partial charge in [0.05, 0.1) is 0 Å². The molecule has 0 radical (unpaired) electrons. The van der Waals surface area contributed by atoms with Crippen molar-refractivity contribution >= 4 is 21.6 Å². The molecule has 0 atom stereocenters. The highest BCUT2D eigenvalue weighted by molar-refractivity contribution is 7.16. The monoisotopic (exact) mass is 191 g/mol. The van der Waals surface area contributed by atoms with E-state index in [0.29, 0.717) is 0 Å². The normalized spacial score (nSPS) is 17.0. The van der Waals surface area contributed by atoms with Crippen LogP contribution in [-0.2, 0) is 6.54 Å². The highest BCUT2D eigenvalue weighted by Gasteiger charge is 2.23. The van der Waals surface area contributed by atoms with Crippen molar-refractivity contribution < 1.29 is 0 Å². The van der Waals surface area contributed by atoms with Gasteiger partial charge in [0.2, 0.25) is 0 Å². The fourth-order valence-corrected chi connectivity index (χ4v) is 2.84. The van der Waals surface area contributed by atoms with Gasteiger partial charge in [0, 0.05) is 17.6 Å². The number of aromatic nitrogens is 1. The largest absolute Gasteiger partial charge is 0.337 e. The Morgan fingerprint density at radius 3 is 3.15 bits per heavy atom. The molecule has 0 N–H and O–H groups in total. The Hall–Kier alpha value is -0.760. The first-order valence-corrected chi connectivity index (χ1v) is 5.76. The second-order valence-electron chi connectivity index (χ2n) is 4.02. The van der Waals surface area contributed by atoms with Gasteiger partial charge >= 0.3 is 0 Å². The second kappa shape index (κ2) is 2.61. The molecule has 0 saturated heterocycles. The van der Waals surface area contributed by atoms with Gasteiger partial charge in [-0.25, -0.2) is 0 Å². The molecule has 1 saturated carbocycles. The molecular weight excluding hydrogens is 178 g/mol. The Morgan fingerprint density at radius 1 is 1.54 bits per heavy atom. The van der Waals surface area contributed by atoms with Crippen LogP contribution in [0, 0.1) is 12.8 Å². The van der Waals surface area contributed by atoms with E-state index in [1.807, 2.05) is 11.3 Å². The van der Waals surface area contributed by atoms with E-state index in [1.165, 1.54) is 35.3 Å². The van der Waals surface area contributed by atoms with Gasteiger partial charge in [-0.3, -0.25) is 0 Å². The molecule has 2 aromatic heterocycles. The van der Waals surface area contributed by atoms with Gasteiger partial charge in [-0.2, -0.15) is 0 Å². The summed E-state index contributed by atoms with van der Waals surface area (Å²) in [6.45, 7) is 3.46. The van der Waals surface area contributed by atoms with Crippen molar-refractivity contribution in [2.75, 3.05) is 0 Å². The van der Waals surface area contributed by atoms with E-state index in [1.54, 1.807) is 0 Å². The zero-order valence-electron chi connectivity index (χ0n) is 7.79. The Kier molecular flexibility index (Phi) is 1.53. The fourth-order valence-electron chi connectivity index (χ4n) is 1.89. The highest BCUT2D eigenvalue weighted by atomic mass is 32.1. The lowest BCUT2D eigenvalue weighted by Crippen LogP contribution is -1.99. The Morgan fingerprint density at radius 2 is 2.38 bits per heavy atom. The van der Waals surface area contributed by atoms with E-state index in [-0.39, 0.29) is 0 Å². The van der Waals surface area contributed by atoms with Crippen LogP contribution in [0.4, 0.5) is 0 Å². The van der Waals surface area contributed by atoms with Crippen LogP contribution in [0.15, 0.2) is 17.5 Å². The topological polar surface area (TPSA) is 4.93 Å². The number of rotatable bonds is 2. The van der Waals surface area contributed by atoms with E-state index in [0.717, 1.165) is 5.92 Å². The minimum Gasteiger partial charge on any atom is -0.337 e. The molecule has 0 aromatic carbocycles. The van der Waals surface area contributed by atoms with Gasteiger partial charge in [0.25, 0.3) is 0 Å². The van der Waals surface area contributed by atoms with E-state index >= 15 is 0 Å². The van der Waals surface area contributed by atoms with Crippen molar-refractivity contribution in [1.29, 1.82) is 0 Å². The van der Waals surface area contributed by atoms with E-state index in [9.17, 15) is 0 Å². The summed E-state index contributed by atoms with van der Waals surface area (Å²) in [7, 11) is 0. The first-order chi connectivity index (χ1) is 6.34. The fraction of sp³-hybridized carbons (Fsp3) is 0.455. The predicted octanol–water partition coefficient (Wildman–Crippen LogP) is 3.42. The van der Waals surface area contributed by atoms with Crippen LogP contribution in [0.1, 0.15) is 18.5 Å². The summed E-state index contributed by atoms with van der Waals surface area (Å²) in [6, 6.07) is 4.52. The van der Waals surface area contributed by atoms with Crippen LogP contribution in [0.25, 0.3) is 10.2 Å². The molecule has 2 heteroatoms. The maximum atomic E-state index is 2.48. The summed E-state index contributed by atoms with van der Waals surface area (Å²) in [4.78, 5) is 1.46. The van der Waals surface area contributed by atoms with Crippen LogP contribution in [0.5, 0.6) is 0 Å². The Labute approximate surface area is 82.0 Å². The van der Waals surface area contributed by atoms with Crippen LogP contribution in [0.3, 0.4) is 0 Å². The third-order valence-electron chi connectivity index (χ3n) is 2.85. The van der Waals surface area contributed by atoms with Gasteiger partial charge in [-0.1, -0.05) is 0 Å². The lowest BCUT2D eigenvalue weighted by Gasteiger charge is -2.04. The number of hydrogen-bond donors (Lipinski definition) is 0. The van der Waals surface area contributed by atoms with Crippen LogP contribution >= 0.6 is 11.3 Å². The molecule has 68 valence electrons. The minimum atomic E-state index is 0.969. The summed E-state index contributed by atoms with van der Waals surface area (Å²) in [5, 5.41) is 3.61. The quantitative estimate of drug-likeness (QED) is 0.685. The average molecular weight is 191 g/mol. The maximum Gasteiger partial charge on any atom is 0.102 e. The molecular formula is C11H13NS. The number of hydrogen-bond acceptors (Lipinski definition) is 1. The summed E-state index contributed by atoms with van der Waals surface area (Å²) in [5.41, 5.74) is 1.42. The lowest BCUT2D eigenvalue weighted by atomic mass is 10.4. The molecule has 0 spiro atoms. The van der Waals surface area contributed by atoms with Crippen molar-refractivity contribution in [2.24, 2.45) is 5.92 Å². The van der Waals surface area contributed by atoms with Gasteiger partial charge in [-0.15, -0.1) is 11.3 Å². The molecule has 0 bridgehead atoms. The molecule has 0 amide bonds. The van der Waals surface area contributed by atoms with Crippen molar-refractivity contribution in [3.63, 3.8) is 0 Å². The molecule has 2 heterocycles. The van der Waals surface area contributed by atoms with Gasteiger partial charge in [0.1, 0.15) is 4.83 Å². The molecule has 2 aromatic rings. The van der Waals surface area contributed by atoms with Gasteiger partial charge in [0.15, 0.2) is 0 Å². The smallest absolute Gasteiger partial charge is 0.102 e. The highest BCUT2D eigenvalue weighted by Crippen LogP contribution is 2.34. The number of nitrogens with zero attached hydrogens (tertiary/aromatic N) is 1. The first kappa shape index (κ1) is 7.63. The number of thiophene rings is 1. The first-order valence-electron chi connectivity index (χ1n) is 4.88. The molecule has 1 aliphatic rings. The third kappa shape index (κ3) is 1.20. The molecule has 13 heavy (non-hydrogen) atoms. The van der Waals surface area contributed by atoms with Gasteiger partial charge in [-0.05, 0) is 43.2 Å². The second-order valence-corrected chi connectivity index (χ2v) is 4.92. The Bertz CT molecular complexity index is 434. The predicted molar refractivity (Wildman–Crippen MR) is 57.3 cm³/mol. The summed E-state index contributed by atoms with van der Waals surface area (Å²) < 4.78 is 2.48. The summed E-state index contributed by atoms with van der Waals surface area (Å²) in [6.07, 6.45) is 2.87. The molecule has 0 aliphatic heterocycles. The third-order valence-corrected chi connectivity index (χ3v) is 3.80. The summed E-state index contributed by atoms with van der Waals surface area (Å²) in [5.74, 6) is 0.969. The number of aryl methyl sites for hydroxylation is 1. The van der Waals surface area contributed by atoms with E-state index in [4.69, 9.17) is 0 Å². The number of fused-ring (bicyclic) bond motifs is 1. The van der Waals surface area contributed by atoms with Crippen molar-refractivity contribution in [2.45, 2.75) is 26.3 Å². The maximum absolute atomic E-state index is 2.48. The standard InChI is InChI=1S/C11H13NS/c1-8-6-10-4-5-13-11(10)12(8)7-9-2-3-9/h4-6,9H,2-3,7H2,1H3. The average Bonchev–Trinajstić information content (AvgIpc) is 2.74. The molecule has 1 nitrogen and oxygen atoms in total. The SMILES string of the molecule is Cc1cc2ccsc2n1CC1CC1. The molecule has 0 unspecified atom stereocenters. The minimum absolute atomic E-state index is 0.969. The zero-order valence-corrected chi connectivity index (χ0v) is 8.60. The van der Waals surface area contributed by atoms with Crippen molar-refractivity contribution in [3.8, 4) is 0 Å². The van der Waals surface area contributed by atoms with Crippen LogP contribution in [0.2, 0.25) is 0 Å². The molecule has 1 aliphatic carbocycles. The van der Waals surface area contributed by atoms with Gasteiger partial charge < -0.3 is 4.57 Å². The van der Waals surface area contributed by atoms with E-state index in [2.05, 4.69) is 29.0 Å². The lowest BCUT2D eigenvalue weighted by molar-refractivity contribution is 0.636. The van der Waals surface area contributed by atoms with Crippen LogP contribution in [-0.4, -0.2) is 4.57 Å². The van der Waals surface area contributed by atoms with Crippen molar-refractivity contribution in [1.82, 2.24) is 4.57 Å². The molecule has 3 rings (SSSR count). The van der Waals surface area contributed by atoms with Crippen LogP contribution < -0.4 is 0 Å².